The number of aliphatic hydroxyl groups excluding tert-OH is 1. The molecule has 1 amide bonds. The van der Waals surface area contributed by atoms with Gasteiger partial charge in [-0.1, -0.05) is 39.0 Å². The number of benzene rings is 1. The van der Waals surface area contributed by atoms with Gasteiger partial charge in [-0.3, -0.25) is 4.79 Å². The lowest BCUT2D eigenvalue weighted by Crippen LogP contribution is -2.66. The van der Waals surface area contributed by atoms with Crippen molar-refractivity contribution in [2.45, 2.75) is 111 Å². The Kier molecular flexibility index (Phi) is 7.31. The maximum atomic E-state index is 14.1. The number of aromatic carboxylic acids is 1. The molecule has 1 aromatic carbocycles. The molecular weight excluding hydrogens is 534 g/mol. The first kappa shape index (κ1) is 30.9. The highest BCUT2D eigenvalue weighted by atomic mass is 16.4. The molecule has 236 valence electrons. The van der Waals surface area contributed by atoms with Gasteiger partial charge in [-0.25, -0.2) is 4.79 Å². The van der Waals surface area contributed by atoms with E-state index in [-0.39, 0.29) is 38.7 Å². The lowest BCUT2D eigenvalue weighted by atomic mass is 9.33. The highest BCUT2D eigenvalue weighted by molar-refractivity contribution is 5.97. The topological polar surface area (TPSA) is 77.8 Å². The molecule has 0 radical (unpaired) electrons. The van der Waals surface area contributed by atoms with Crippen LogP contribution in [0.5, 0.6) is 0 Å². The van der Waals surface area contributed by atoms with Crippen LogP contribution in [0.1, 0.15) is 126 Å². The number of fused-ring (bicyclic) bond motifs is 7. The van der Waals surface area contributed by atoms with Gasteiger partial charge < -0.3 is 15.1 Å². The average Bonchev–Trinajstić information content (AvgIpc) is 3.31. The molecule has 5 fully saturated rings. The highest BCUT2D eigenvalue weighted by Crippen LogP contribution is 2.76. The van der Waals surface area contributed by atoms with Crippen molar-refractivity contribution in [3.8, 4) is 0 Å². The Morgan fingerprint density at radius 2 is 1.63 bits per heavy atom. The maximum Gasteiger partial charge on any atom is 0.335 e. The minimum absolute atomic E-state index is 0.0407. The van der Waals surface area contributed by atoms with Gasteiger partial charge in [0.2, 0.25) is 0 Å². The van der Waals surface area contributed by atoms with Gasteiger partial charge in [-0.15, -0.1) is 0 Å². The van der Waals surface area contributed by atoms with Crippen LogP contribution in [0.25, 0.3) is 0 Å². The molecule has 5 nitrogen and oxygen atoms in total. The highest BCUT2D eigenvalue weighted by Gasteiger charge is 2.70. The molecule has 4 saturated carbocycles. The molecule has 1 aliphatic heterocycles. The number of amides is 1. The quantitative estimate of drug-likeness (QED) is 0.347. The third-order valence-electron chi connectivity index (χ3n) is 15.1. The molecule has 1 heterocycles. The normalized spacial score (nSPS) is 43.4. The second kappa shape index (κ2) is 10.2. The SMILES string of the molecule is C=C(C)[C@@H]1CC[C@]2(CO)CC[C@]3(C)[C@H](CC[C@@H]4[C@@]5(C)CCCN(C(=O)c6cccc(C(=O)O)c6)C(C)(C)C5CC[C@]43C)[C@@H]12. The fraction of sp³-hybridized carbons (Fsp3) is 0.737. The second-order valence-electron chi connectivity index (χ2n) is 16.8. The summed E-state index contributed by atoms with van der Waals surface area (Å²) >= 11 is 0. The van der Waals surface area contributed by atoms with Gasteiger partial charge in [-0.2, -0.15) is 0 Å². The van der Waals surface area contributed by atoms with Crippen molar-refractivity contribution in [3.63, 3.8) is 0 Å². The first-order valence-corrected chi connectivity index (χ1v) is 17.1. The van der Waals surface area contributed by atoms with E-state index in [2.05, 4.69) is 53.0 Å². The largest absolute Gasteiger partial charge is 0.478 e. The number of carboxylic acids is 1. The van der Waals surface area contributed by atoms with Crippen LogP contribution < -0.4 is 0 Å². The molecule has 0 aromatic heterocycles. The van der Waals surface area contributed by atoms with Crippen molar-refractivity contribution < 1.29 is 19.8 Å². The van der Waals surface area contributed by atoms with Crippen LogP contribution in [0.3, 0.4) is 0 Å². The lowest BCUT2D eigenvalue weighted by molar-refractivity contribution is -0.228. The fourth-order valence-electron chi connectivity index (χ4n) is 12.8. The average molecular weight is 590 g/mol. The van der Waals surface area contributed by atoms with E-state index >= 15 is 0 Å². The summed E-state index contributed by atoms with van der Waals surface area (Å²) in [6, 6.07) is 6.56. The third kappa shape index (κ3) is 4.18. The van der Waals surface area contributed by atoms with Crippen molar-refractivity contribution in [1.29, 1.82) is 0 Å². The van der Waals surface area contributed by atoms with Crippen LogP contribution >= 0.6 is 0 Å². The van der Waals surface area contributed by atoms with Crippen LogP contribution in [0, 0.1) is 51.2 Å². The number of carbonyl (C=O) groups excluding carboxylic acids is 1. The number of likely N-dealkylation sites (tertiary alicyclic amines) is 1. The summed E-state index contributed by atoms with van der Waals surface area (Å²) in [6.45, 7) is 20.1. The van der Waals surface area contributed by atoms with Crippen LogP contribution in [-0.2, 0) is 0 Å². The Morgan fingerprint density at radius 1 is 0.907 bits per heavy atom. The van der Waals surface area contributed by atoms with Gasteiger partial charge >= 0.3 is 5.97 Å². The Bertz CT molecular complexity index is 1320. The minimum atomic E-state index is -1.00. The van der Waals surface area contributed by atoms with Gasteiger partial charge in [0, 0.05) is 24.3 Å². The third-order valence-corrected chi connectivity index (χ3v) is 15.1. The van der Waals surface area contributed by atoms with Crippen LogP contribution in [0.15, 0.2) is 36.4 Å². The predicted molar refractivity (Wildman–Crippen MR) is 171 cm³/mol. The number of rotatable bonds is 4. The molecule has 0 spiro atoms. The smallest absolute Gasteiger partial charge is 0.335 e. The molecule has 1 saturated heterocycles. The molecule has 2 N–H and O–H groups in total. The standard InChI is InChI=1S/C38H55NO4/c1-24(2)27-14-18-38(23-40)20-19-36(6)28(31(27)38)12-13-30-35(5)16-9-21-39(34(3,4)29(35)15-17-37(30,36)7)32(41)25-10-8-11-26(22-25)33(42)43/h8,10-11,22,27-31,40H,1,9,12-21,23H2,2-7H3,(H,42,43)/t27-,28+,29?,30+,31+,35-,36+,37+,38+/m0/s1. The Morgan fingerprint density at radius 3 is 2.30 bits per heavy atom. The van der Waals surface area contributed by atoms with E-state index in [4.69, 9.17) is 0 Å². The van der Waals surface area contributed by atoms with Gasteiger partial charge in [0.25, 0.3) is 5.91 Å². The van der Waals surface area contributed by atoms with E-state index in [1.165, 1.54) is 37.7 Å². The fourth-order valence-corrected chi connectivity index (χ4v) is 12.8. The number of carbonyl (C=O) groups is 2. The first-order valence-electron chi connectivity index (χ1n) is 17.1. The maximum absolute atomic E-state index is 14.1. The second-order valence-corrected chi connectivity index (χ2v) is 16.8. The molecule has 43 heavy (non-hydrogen) atoms. The van der Waals surface area contributed by atoms with Gasteiger partial charge in [0.15, 0.2) is 0 Å². The van der Waals surface area contributed by atoms with Crippen LogP contribution in [0.4, 0.5) is 0 Å². The van der Waals surface area contributed by atoms with Crippen LogP contribution in [0.2, 0.25) is 0 Å². The van der Waals surface area contributed by atoms with Gasteiger partial charge in [0.05, 0.1) is 5.56 Å². The molecule has 1 aromatic rings. The summed E-state index contributed by atoms with van der Waals surface area (Å²) in [5.74, 6) is 1.62. The number of carboxylic acid groups (broad SMARTS) is 1. The molecule has 5 heteroatoms. The first-order chi connectivity index (χ1) is 20.2. The molecule has 5 aliphatic rings. The monoisotopic (exact) mass is 589 g/mol. The molecule has 1 unspecified atom stereocenters. The minimum Gasteiger partial charge on any atom is -0.478 e. The number of aliphatic hydroxyl groups is 1. The van der Waals surface area contributed by atoms with Crippen molar-refractivity contribution >= 4 is 11.9 Å². The van der Waals surface area contributed by atoms with Gasteiger partial charge in [0.1, 0.15) is 0 Å². The Labute approximate surface area is 259 Å². The number of nitrogens with zero attached hydrogens (tertiary/aromatic N) is 1. The van der Waals surface area contributed by atoms with Crippen molar-refractivity contribution in [2.75, 3.05) is 13.2 Å². The number of allylic oxidation sites excluding steroid dienone is 1. The zero-order valence-corrected chi connectivity index (χ0v) is 27.5. The zero-order chi connectivity index (χ0) is 31.2. The van der Waals surface area contributed by atoms with E-state index < -0.39 is 5.97 Å². The van der Waals surface area contributed by atoms with Crippen molar-refractivity contribution in [1.82, 2.24) is 4.90 Å². The van der Waals surface area contributed by atoms with E-state index in [0.717, 1.165) is 32.1 Å². The molecule has 0 bridgehead atoms. The van der Waals surface area contributed by atoms with Crippen LogP contribution in [-0.4, -0.2) is 45.7 Å². The summed E-state index contributed by atoms with van der Waals surface area (Å²) in [5, 5.41) is 20.4. The number of hydrogen-bond donors (Lipinski definition) is 2. The van der Waals surface area contributed by atoms with E-state index in [0.29, 0.717) is 48.3 Å². The molecule has 4 aliphatic carbocycles. The summed E-state index contributed by atoms with van der Waals surface area (Å²) in [7, 11) is 0. The predicted octanol–water partition coefficient (Wildman–Crippen LogP) is 8.23. The summed E-state index contributed by atoms with van der Waals surface area (Å²) in [4.78, 5) is 27.8. The summed E-state index contributed by atoms with van der Waals surface area (Å²) in [6.07, 6.45) is 11.5. The summed E-state index contributed by atoms with van der Waals surface area (Å²) < 4.78 is 0. The van der Waals surface area contributed by atoms with Gasteiger partial charge in [-0.05, 0) is 154 Å². The van der Waals surface area contributed by atoms with E-state index in [9.17, 15) is 19.8 Å². The molecule has 9 atom stereocenters. The molecule has 6 rings (SSSR count). The zero-order valence-electron chi connectivity index (χ0n) is 27.5. The van der Waals surface area contributed by atoms with E-state index in [1.807, 2.05) is 0 Å². The van der Waals surface area contributed by atoms with Crippen molar-refractivity contribution in [3.05, 3.63) is 47.5 Å². The Balaban J connectivity index is 1.34. The van der Waals surface area contributed by atoms with E-state index in [1.54, 1.807) is 24.3 Å². The number of hydrogen-bond acceptors (Lipinski definition) is 3. The van der Waals surface area contributed by atoms with Crippen molar-refractivity contribution in [2.24, 2.45) is 51.2 Å². The molecular formula is C38H55NO4. The Hall–Kier alpha value is -2.14. The summed E-state index contributed by atoms with van der Waals surface area (Å²) in [5.41, 5.74) is 2.26. The lowest BCUT2D eigenvalue weighted by Gasteiger charge is -2.71.